The second-order valence-electron chi connectivity index (χ2n) is 4.36. The van der Waals surface area contributed by atoms with Gasteiger partial charge in [-0.25, -0.2) is 4.39 Å². The Labute approximate surface area is 116 Å². The van der Waals surface area contributed by atoms with Crippen LogP contribution in [0.5, 0.6) is 0 Å². The molecule has 0 aliphatic rings. The normalized spacial score (nSPS) is 14.0. The smallest absolute Gasteiger partial charge is 0.216 e. The topological polar surface area (TPSA) is 69.6 Å². The average Bonchev–Trinajstić information content (AvgIpc) is 2.35. The predicted molar refractivity (Wildman–Crippen MR) is 70.4 cm³/mol. The number of hydrogen-bond donors (Lipinski definition) is 3. The van der Waals surface area contributed by atoms with Crippen LogP contribution in [0.25, 0.3) is 0 Å². The third-order valence-corrected chi connectivity index (χ3v) is 3.35. The fourth-order valence-corrected chi connectivity index (χ4v) is 1.94. The predicted octanol–water partition coefficient (Wildman–Crippen LogP) is 1.71. The second-order valence-corrected chi connectivity index (χ2v) is 4.74. The molecule has 6 heteroatoms. The number of nitrogens with one attached hydrogen (secondary N) is 1. The summed E-state index contributed by atoms with van der Waals surface area (Å²) in [5, 5.41) is 22.4. The zero-order chi connectivity index (χ0) is 14.6. The molecule has 0 saturated heterocycles. The summed E-state index contributed by atoms with van der Waals surface area (Å²) in [5.41, 5.74) is 0.503. The SMILES string of the molecule is CC(=O)NCCC(O)C(O)c1ccc(F)c(C)c1Cl. The van der Waals surface area contributed by atoms with Crippen molar-refractivity contribution in [1.82, 2.24) is 5.32 Å². The number of carbonyl (C=O) groups is 1. The maximum atomic E-state index is 13.2. The molecule has 0 bridgehead atoms. The lowest BCUT2D eigenvalue weighted by Gasteiger charge is -2.20. The minimum atomic E-state index is -1.22. The highest BCUT2D eigenvalue weighted by Gasteiger charge is 2.22. The Balaban J connectivity index is 2.74. The standard InChI is InChI=1S/C13H17ClFNO3/c1-7-10(15)4-3-9(12(7)14)13(19)11(18)5-6-16-8(2)17/h3-4,11,13,18-19H,5-6H2,1-2H3,(H,16,17). The number of halogens is 2. The van der Waals surface area contributed by atoms with E-state index in [4.69, 9.17) is 11.6 Å². The summed E-state index contributed by atoms with van der Waals surface area (Å²) >= 11 is 5.94. The van der Waals surface area contributed by atoms with Crippen molar-refractivity contribution in [3.05, 3.63) is 34.1 Å². The van der Waals surface area contributed by atoms with E-state index < -0.39 is 18.0 Å². The highest BCUT2D eigenvalue weighted by Crippen LogP contribution is 2.30. The maximum absolute atomic E-state index is 13.2. The van der Waals surface area contributed by atoms with Crippen LogP contribution in [0.15, 0.2) is 12.1 Å². The number of hydrogen-bond acceptors (Lipinski definition) is 3. The fourth-order valence-electron chi connectivity index (χ4n) is 1.67. The third-order valence-electron chi connectivity index (χ3n) is 2.85. The molecule has 0 saturated carbocycles. The molecule has 2 unspecified atom stereocenters. The van der Waals surface area contributed by atoms with Crippen molar-refractivity contribution in [2.75, 3.05) is 6.54 Å². The number of rotatable bonds is 5. The van der Waals surface area contributed by atoms with E-state index in [1.165, 1.54) is 26.0 Å². The van der Waals surface area contributed by atoms with Gasteiger partial charge in [0.25, 0.3) is 0 Å². The van der Waals surface area contributed by atoms with Crippen molar-refractivity contribution in [2.24, 2.45) is 0 Å². The molecule has 0 aliphatic carbocycles. The van der Waals surface area contributed by atoms with Gasteiger partial charge in [-0.3, -0.25) is 4.79 Å². The molecule has 3 N–H and O–H groups in total. The van der Waals surface area contributed by atoms with Crippen molar-refractivity contribution in [3.8, 4) is 0 Å². The molecule has 0 heterocycles. The monoisotopic (exact) mass is 289 g/mol. The van der Waals surface area contributed by atoms with Gasteiger partial charge >= 0.3 is 0 Å². The summed E-state index contributed by atoms with van der Waals surface area (Å²) in [6.07, 6.45) is -2.14. The molecule has 1 aromatic carbocycles. The second kappa shape index (κ2) is 6.84. The van der Waals surface area contributed by atoms with E-state index in [9.17, 15) is 19.4 Å². The van der Waals surface area contributed by atoms with E-state index in [0.717, 1.165) is 0 Å². The Morgan fingerprint density at radius 3 is 2.68 bits per heavy atom. The summed E-state index contributed by atoms with van der Waals surface area (Å²) < 4.78 is 13.2. The number of amides is 1. The Hall–Kier alpha value is -1.17. The van der Waals surface area contributed by atoms with E-state index >= 15 is 0 Å². The van der Waals surface area contributed by atoms with Crippen LogP contribution in [0.3, 0.4) is 0 Å². The van der Waals surface area contributed by atoms with Crippen LogP contribution in [0.4, 0.5) is 4.39 Å². The summed E-state index contributed by atoms with van der Waals surface area (Å²) in [6.45, 7) is 3.10. The first-order chi connectivity index (χ1) is 8.84. The molecule has 1 aromatic rings. The molecule has 2 atom stereocenters. The summed E-state index contributed by atoms with van der Waals surface area (Å²) in [4.78, 5) is 10.7. The molecule has 0 radical (unpaired) electrons. The van der Waals surface area contributed by atoms with Crippen LogP contribution in [0.1, 0.15) is 30.6 Å². The molecule has 19 heavy (non-hydrogen) atoms. The molecular formula is C13H17ClFNO3. The minimum absolute atomic E-state index is 0.103. The van der Waals surface area contributed by atoms with Crippen molar-refractivity contribution in [2.45, 2.75) is 32.5 Å². The lowest BCUT2D eigenvalue weighted by molar-refractivity contribution is -0.119. The van der Waals surface area contributed by atoms with E-state index in [1.807, 2.05) is 0 Å². The highest BCUT2D eigenvalue weighted by molar-refractivity contribution is 6.32. The Morgan fingerprint density at radius 2 is 2.11 bits per heavy atom. The van der Waals surface area contributed by atoms with Crippen molar-refractivity contribution < 1.29 is 19.4 Å². The van der Waals surface area contributed by atoms with Crippen LogP contribution in [-0.2, 0) is 4.79 Å². The van der Waals surface area contributed by atoms with Gasteiger partial charge in [0.2, 0.25) is 5.91 Å². The fraction of sp³-hybridized carbons (Fsp3) is 0.462. The maximum Gasteiger partial charge on any atom is 0.216 e. The lowest BCUT2D eigenvalue weighted by atomic mass is 10.00. The number of benzene rings is 1. The number of aliphatic hydroxyl groups is 2. The number of carbonyl (C=O) groups excluding carboxylic acids is 1. The third kappa shape index (κ3) is 4.16. The van der Waals surface area contributed by atoms with Gasteiger partial charge in [0.1, 0.15) is 11.9 Å². The van der Waals surface area contributed by atoms with Crippen molar-refractivity contribution in [1.29, 1.82) is 0 Å². The molecule has 1 amide bonds. The van der Waals surface area contributed by atoms with Crippen LogP contribution < -0.4 is 5.32 Å². The highest BCUT2D eigenvalue weighted by atomic mass is 35.5. The van der Waals surface area contributed by atoms with Crippen LogP contribution in [0, 0.1) is 12.7 Å². The van der Waals surface area contributed by atoms with E-state index in [-0.39, 0.29) is 35.0 Å². The lowest BCUT2D eigenvalue weighted by Crippen LogP contribution is -2.27. The van der Waals surface area contributed by atoms with Gasteiger partial charge in [-0.1, -0.05) is 17.7 Å². The molecule has 0 fully saturated rings. The van der Waals surface area contributed by atoms with Gasteiger partial charge in [-0.15, -0.1) is 0 Å². The van der Waals surface area contributed by atoms with Gasteiger partial charge in [0.05, 0.1) is 11.1 Å². The van der Waals surface area contributed by atoms with Crippen LogP contribution in [-0.4, -0.2) is 28.8 Å². The Morgan fingerprint density at radius 1 is 1.47 bits per heavy atom. The molecule has 106 valence electrons. The number of aliphatic hydroxyl groups excluding tert-OH is 2. The first-order valence-electron chi connectivity index (χ1n) is 5.89. The van der Waals surface area contributed by atoms with Crippen molar-refractivity contribution >= 4 is 17.5 Å². The molecular weight excluding hydrogens is 273 g/mol. The van der Waals surface area contributed by atoms with Crippen molar-refractivity contribution in [3.63, 3.8) is 0 Å². The Bertz CT molecular complexity index is 467. The van der Waals surface area contributed by atoms with Gasteiger partial charge < -0.3 is 15.5 Å². The van der Waals surface area contributed by atoms with Gasteiger partial charge in [-0.2, -0.15) is 0 Å². The first kappa shape index (κ1) is 15.9. The molecule has 0 spiro atoms. The molecule has 0 aliphatic heterocycles. The minimum Gasteiger partial charge on any atom is -0.390 e. The van der Waals surface area contributed by atoms with E-state index in [0.29, 0.717) is 0 Å². The zero-order valence-electron chi connectivity index (χ0n) is 10.8. The van der Waals surface area contributed by atoms with Crippen LogP contribution >= 0.6 is 11.6 Å². The molecule has 4 nitrogen and oxygen atoms in total. The summed E-state index contributed by atoms with van der Waals surface area (Å²) in [6, 6.07) is 2.54. The largest absolute Gasteiger partial charge is 0.390 e. The van der Waals surface area contributed by atoms with Gasteiger partial charge in [0.15, 0.2) is 0 Å². The quantitative estimate of drug-likeness (QED) is 0.773. The zero-order valence-corrected chi connectivity index (χ0v) is 11.5. The molecule has 1 rings (SSSR count). The molecule has 0 aromatic heterocycles. The van der Waals surface area contributed by atoms with E-state index in [1.54, 1.807) is 0 Å². The summed E-state index contributed by atoms with van der Waals surface area (Å²) in [5.74, 6) is -0.675. The average molecular weight is 290 g/mol. The van der Waals surface area contributed by atoms with Crippen LogP contribution in [0.2, 0.25) is 5.02 Å². The summed E-state index contributed by atoms with van der Waals surface area (Å²) in [7, 11) is 0. The Kier molecular flexibility index (Phi) is 5.72. The van der Waals surface area contributed by atoms with E-state index in [2.05, 4.69) is 5.32 Å². The first-order valence-corrected chi connectivity index (χ1v) is 6.27. The van der Waals surface area contributed by atoms with Gasteiger partial charge in [-0.05, 0) is 19.4 Å². The van der Waals surface area contributed by atoms with Gasteiger partial charge in [0, 0.05) is 24.6 Å².